The lowest BCUT2D eigenvalue weighted by Crippen LogP contribution is -2.30. The topological polar surface area (TPSA) is 3.24 Å². The summed E-state index contributed by atoms with van der Waals surface area (Å²) in [6.07, 6.45) is 6.22. The molecule has 3 rings (SSSR count). The molecule has 0 amide bonds. The van der Waals surface area contributed by atoms with Crippen LogP contribution in [0, 0.1) is 0 Å². The average Bonchev–Trinajstić information content (AvgIpc) is 2.51. The number of aryl methyl sites for hydroxylation is 2. The van der Waals surface area contributed by atoms with Crippen molar-refractivity contribution in [2.45, 2.75) is 32.1 Å². The van der Waals surface area contributed by atoms with Crippen LogP contribution in [-0.4, -0.2) is 24.5 Å². The molecule has 0 unspecified atom stereocenters. The number of nitrogens with zero attached hydrogens (tertiary/aromatic N) is 1. The van der Waals surface area contributed by atoms with Gasteiger partial charge in [-0.15, -0.1) is 0 Å². The van der Waals surface area contributed by atoms with Gasteiger partial charge in [0.1, 0.15) is 0 Å². The van der Waals surface area contributed by atoms with Crippen LogP contribution in [0.4, 0.5) is 0 Å². The normalized spacial score (nSPS) is 16.0. The standard InChI is InChI=1S/C20H25N/c1-2-8-18(9-3-1)10-6-15-21-16-7-13-19-11-4-5-12-20(19)14-17-21/h1-5,8-9,11-12H,6-7,10,13-17H2. The molecule has 21 heavy (non-hydrogen) atoms. The zero-order valence-electron chi connectivity index (χ0n) is 12.8. The first-order chi connectivity index (χ1) is 10.4. The molecule has 0 aromatic heterocycles. The second-order valence-corrected chi connectivity index (χ2v) is 6.05. The van der Waals surface area contributed by atoms with Gasteiger partial charge in [-0.1, -0.05) is 54.6 Å². The highest BCUT2D eigenvalue weighted by molar-refractivity contribution is 5.28. The summed E-state index contributed by atoms with van der Waals surface area (Å²) in [5.41, 5.74) is 4.60. The third-order valence-electron chi connectivity index (χ3n) is 4.52. The summed E-state index contributed by atoms with van der Waals surface area (Å²) in [5, 5.41) is 0. The van der Waals surface area contributed by atoms with E-state index in [2.05, 4.69) is 59.5 Å². The molecule has 1 aliphatic rings. The lowest BCUT2D eigenvalue weighted by molar-refractivity contribution is 0.266. The SMILES string of the molecule is c1ccc(CCCN2CCCc3ccccc3CC2)cc1. The summed E-state index contributed by atoms with van der Waals surface area (Å²) >= 11 is 0. The summed E-state index contributed by atoms with van der Waals surface area (Å²) < 4.78 is 0. The molecule has 2 aromatic carbocycles. The van der Waals surface area contributed by atoms with E-state index in [1.165, 1.54) is 57.3 Å². The molecule has 0 atom stereocenters. The van der Waals surface area contributed by atoms with Gasteiger partial charge in [0.05, 0.1) is 0 Å². The minimum absolute atomic E-state index is 1.20. The van der Waals surface area contributed by atoms with Crippen molar-refractivity contribution in [3.05, 3.63) is 71.3 Å². The first-order valence-corrected chi connectivity index (χ1v) is 8.25. The molecule has 1 nitrogen and oxygen atoms in total. The summed E-state index contributed by atoms with van der Waals surface area (Å²) in [4.78, 5) is 2.65. The average molecular weight is 279 g/mol. The van der Waals surface area contributed by atoms with Crippen molar-refractivity contribution < 1.29 is 0 Å². The minimum atomic E-state index is 1.20. The highest BCUT2D eigenvalue weighted by atomic mass is 15.1. The highest BCUT2D eigenvalue weighted by Crippen LogP contribution is 2.16. The zero-order valence-corrected chi connectivity index (χ0v) is 12.8. The Hall–Kier alpha value is -1.60. The van der Waals surface area contributed by atoms with Crippen LogP contribution in [0.25, 0.3) is 0 Å². The molecular formula is C20H25N. The van der Waals surface area contributed by atoms with Crippen LogP contribution in [0.3, 0.4) is 0 Å². The van der Waals surface area contributed by atoms with E-state index in [0.29, 0.717) is 0 Å². The molecule has 0 N–H and O–H groups in total. The fourth-order valence-electron chi connectivity index (χ4n) is 3.30. The molecule has 0 radical (unpaired) electrons. The summed E-state index contributed by atoms with van der Waals surface area (Å²) in [7, 11) is 0. The van der Waals surface area contributed by atoms with Crippen molar-refractivity contribution >= 4 is 0 Å². The van der Waals surface area contributed by atoms with E-state index in [9.17, 15) is 0 Å². The lowest BCUT2D eigenvalue weighted by Gasteiger charge is -2.25. The Morgan fingerprint density at radius 3 is 2.29 bits per heavy atom. The van der Waals surface area contributed by atoms with Gasteiger partial charge < -0.3 is 4.90 Å². The molecule has 1 heterocycles. The van der Waals surface area contributed by atoms with Gasteiger partial charge in [0.15, 0.2) is 0 Å². The molecule has 2 aromatic rings. The van der Waals surface area contributed by atoms with Gasteiger partial charge in [0.25, 0.3) is 0 Å². The molecule has 0 aliphatic carbocycles. The smallest absolute Gasteiger partial charge is 0.00219 e. The predicted octanol–water partition coefficient (Wildman–Crippen LogP) is 4.11. The van der Waals surface area contributed by atoms with Gasteiger partial charge >= 0.3 is 0 Å². The van der Waals surface area contributed by atoms with E-state index in [4.69, 9.17) is 0 Å². The van der Waals surface area contributed by atoms with E-state index in [0.717, 1.165) is 0 Å². The van der Waals surface area contributed by atoms with Crippen LogP contribution in [0.5, 0.6) is 0 Å². The maximum atomic E-state index is 2.65. The molecule has 0 bridgehead atoms. The monoisotopic (exact) mass is 279 g/mol. The Morgan fingerprint density at radius 1 is 0.762 bits per heavy atom. The van der Waals surface area contributed by atoms with Gasteiger partial charge in [-0.3, -0.25) is 0 Å². The van der Waals surface area contributed by atoms with Crippen molar-refractivity contribution in [1.82, 2.24) is 4.90 Å². The zero-order chi connectivity index (χ0) is 14.3. The molecular weight excluding hydrogens is 254 g/mol. The molecule has 0 fully saturated rings. The molecule has 1 aliphatic heterocycles. The maximum Gasteiger partial charge on any atom is 0.00219 e. The molecule has 0 spiro atoms. The van der Waals surface area contributed by atoms with E-state index in [-0.39, 0.29) is 0 Å². The second kappa shape index (κ2) is 7.42. The maximum absolute atomic E-state index is 2.65. The van der Waals surface area contributed by atoms with Crippen LogP contribution in [-0.2, 0) is 19.3 Å². The number of fused-ring (bicyclic) bond motifs is 1. The highest BCUT2D eigenvalue weighted by Gasteiger charge is 2.11. The predicted molar refractivity (Wildman–Crippen MR) is 89.7 cm³/mol. The van der Waals surface area contributed by atoms with E-state index < -0.39 is 0 Å². The second-order valence-electron chi connectivity index (χ2n) is 6.05. The summed E-state index contributed by atoms with van der Waals surface area (Å²) in [5.74, 6) is 0. The number of hydrogen-bond donors (Lipinski definition) is 0. The van der Waals surface area contributed by atoms with Crippen molar-refractivity contribution in [3.8, 4) is 0 Å². The molecule has 1 heteroatoms. The third-order valence-corrected chi connectivity index (χ3v) is 4.52. The number of rotatable bonds is 4. The van der Waals surface area contributed by atoms with Crippen LogP contribution < -0.4 is 0 Å². The summed E-state index contributed by atoms with van der Waals surface area (Å²) in [6, 6.07) is 19.8. The summed E-state index contributed by atoms with van der Waals surface area (Å²) in [6.45, 7) is 3.70. The van der Waals surface area contributed by atoms with E-state index >= 15 is 0 Å². The quantitative estimate of drug-likeness (QED) is 0.814. The van der Waals surface area contributed by atoms with Crippen LogP contribution >= 0.6 is 0 Å². The minimum Gasteiger partial charge on any atom is -0.303 e. The van der Waals surface area contributed by atoms with Gasteiger partial charge in [-0.25, -0.2) is 0 Å². The van der Waals surface area contributed by atoms with Gasteiger partial charge in [0, 0.05) is 6.54 Å². The van der Waals surface area contributed by atoms with E-state index in [1.54, 1.807) is 11.1 Å². The lowest BCUT2D eigenvalue weighted by atomic mass is 9.98. The Labute approximate surface area is 128 Å². The van der Waals surface area contributed by atoms with Crippen molar-refractivity contribution in [3.63, 3.8) is 0 Å². The van der Waals surface area contributed by atoms with E-state index in [1.807, 2.05) is 0 Å². The number of benzene rings is 2. The Morgan fingerprint density at radius 2 is 1.48 bits per heavy atom. The fraction of sp³-hybridized carbons (Fsp3) is 0.400. The van der Waals surface area contributed by atoms with Crippen molar-refractivity contribution in [1.29, 1.82) is 0 Å². The largest absolute Gasteiger partial charge is 0.303 e. The molecule has 0 saturated carbocycles. The van der Waals surface area contributed by atoms with Crippen molar-refractivity contribution in [2.24, 2.45) is 0 Å². The fourth-order valence-corrected chi connectivity index (χ4v) is 3.30. The Bertz CT molecular complexity index is 547. The van der Waals surface area contributed by atoms with Crippen LogP contribution in [0.2, 0.25) is 0 Å². The molecule has 0 saturated heterocycles. The van der Waals surface area contributed by atoms with Crippen LogP contribution in [0.15, 0.2) is 54.6 Å². The molecule has 110 valence electrons. The van der Waals surface area contributed by atoms with Crippen molar-refractivity contribution in [2.75, 3.05) is 19.6 Å². The van der Waals surface area contributed by atoms with Gasteiger partial charge in [0.2, 0.25) is 0 Å². The Kier molecular flexibility index (Phi) is 5.07. The van der Waals surface area contributed by atoms with Gasteiger partial charge in [-0.05, 0) is 61.9 Å². The van der Waals surface area contributed by atoms with Gasteiger partial charge in [-0.2, -0.15) is 0 Å². The first-order valence-electron chi connectivity index (χ1n) is 8.25. The number of hydrogen-bond acceptors (Lipinski definition) is 1. The Balaban J connectivity index is 1.49. The first kappa shape index (κ1) is 14.3. The third kappa shape index (κ3) is 4.18. The van der Waals surface area contributed by atoms with Crippen LogP contribution in [0.1, 0.15) is 29.5 Å².